The molecule has 21 heavy (non-hydrogen) atoms. The van der Waals surface area contributed by atoms with Crippen LogP contribution in [0.25, 0.3) is 0 Å². The standard InChI is InChI=1S/C16H21NO4/c1-2-21-13-6-4-12(5-7-13)15(20)17-11-16(8-3-9-16)10-14(18)19/h4-7H,2-3,8-11H2,1H3,(H,17,20)(H,18,19). The fourth-order valence-electron chi connectivity index (χ4n) is 2.65. The van der Waals surface area contributed by atoms with Crippen LogP contribution in [0.1, 0.15) is 43.0 Å². The normalized spacial score (nSPS) is 15.9. The summed E-state index contributed by atoms with van der Waals surface area (Å²) in [6.07, 6.45) is 2.88. The molecule has 1 aromatic rings. The van der Waals surface area contributed by atoms with Crippen LogP contribution < -0.4 is 10.1 Å². The minimum atomic E-state index is -0.801. The third kappa shape index (κ3) is 3.97. The average Bonchev–Trinajstić information content (AvgIpc) is 2.42. The quantitative estimate of drug-likeness (QED) is 0.809. The number of nitrogens with one attached hydrogen (secondary N) is 1. The van der Waals surface area contributed by atoms with E-state index >= 15 is 0 Å². The van der Waals surface area contributed by atoms with Crippen molar-refractivity contribution in [2.75, 3.05) is 13.2 Å². The lowest BCUT2D eigenvalue weighted by Gasteiger charge is -2.40. The maximum Gasteiger partial charge on any atom is 0.303 e. The molecule has 1 saturated carbocycles. The van der Waals surface area contributed by atoms with Crippen molar-refractivity contribution >= 4 is 11.9 Å². The Morgan fingerprint density at radius 1 is 1.29 bits per heavy atom. The van der Waals surface area contributed by atoms with E-state index in [-0.39, 0.29) is 17.7 Å². The third-order valence-corrected chi connectivity index (χ3v) is 3.99. The summed E-state index contributed by atoms with van der Waals surface area (Å²) in [5, 5.41) is 11.8. The molecule has 0 radical (unpaired) electrons. The zero-order valence-electron chi connectivity index (χ0n) is 12.2. The van der Waals surface area contributed by atoms with E-state index in [1.54, 1.807) is 24.3 Å². The summed E-state index contributed by atoms with van der Waals surface area (Å²) in [5.74, 6) is -0.241. The first-order valence-electron chi connectivity index (χ1n) is 7.27. The molecule has 0 bridgehead atoms. The Hall–Kier alpha value is -2.04. The summed E-state index contributed by atoms with van der Waals surface area (Å²) in [7, 11) is 0. The van der Waals surface area contributed by atoms with E-state index in [1.807, 2.05) is 6.92 Å². The number of ether oxygens (including phenoxy) is 1. The Balaban J connectivity index is 1.90. The molecule has 0 heterocycles. The first-order valence-corrected chi connectivity index (χ1v) is 7.27. The lowest BCUT2D eigenvalue weighted by Crippen LogP contribution is -2.43. The van der Waals surface area contributed by atoms with Crippen molar-refractivity contribution in [1.29, 1.82) is 0 Å². The first-order chi connectivity index (χ1) is 10.0. The van der Waals surface area contributed by atoms with Crippen molar-refractivity contribution in [3.63, 3.8) is 0 Å². The number of hydrogen-bond acceptors (Lipinski definition) is 3. The minimum Gasteiger partial charge on any atom is -0.494 e. The number of carbonyl (C=O) groups excluding carboxylic acids is 1. The number of carbonyl (C=O) groups is 2. The summed E-state index contributed by atoms with van der Waals surface area (Å²) in [6.45, 7) is 2.91. The molecule has 1 aliphatic carbocycles. The van der Waals surface area contributed by atoms with Gasteiger partial charge in [0.2, 0.25) is 0 Å². The second kappa shape index (κ2) is 6.61. The molecule has 1 aliphatic rings. The van der Waals surface area contributed by atoms with Crippen molar-refractivity contribution in [3.8, 4) is 5.75 Å². The number of carboxylic acid groups (broad SMARTS) is 1. The van der Waals surface area contributed by atoms with Gasteiger partial charge in [-0.3, -0.25) is 9.59 Å². The fraction of sp³-hybridized carbons (Fsp3) is 0.500. The Bertz CT molecular complexity index is 506. The van der Waals surface area contributed by atoms with Gasteiger partial charge in [-0.15, -0.1) is 0 Å². The SMILES string of the molecule is CCOc1ccc(C(=O)NCC2(CC(=O)O)CCC2)cc1. The zero-order valence-corrected chi connectivity index (χ0v) is 12.2. The lowest BCUT2D eigenvalue weighted by molar-refractivity contribution is -0.141. The van der Waals surface area contributed by atoms with Gasteiger partial charge in [0.05, 0.1) is 13.0 Å². The summed E-state index contributed by atoms with van der Waals surface area (Å²) >= 11 is 0. The summed E-state index contributed by atoms with van der Waals surface area (Å²) in [5.41, 5.74) is 0.301. The van der Waals surface area contributed by atoms with Crippen LogP contribution in [0.2, 0.25) is 0 Å². The number of carboxylic acids is 1. The van der Waals surface area contributed by atoms with Crippen molar-refractivity contribution in [1.82, 2.24) is 5.32 Å². The molecule has 0 aromatic heterocycles. The molecule has 2 N–H and O–H groups in total. The van der Waals surface area contributed by atoms with Gasteiger partial charge in [0.25, 0.3) is 5.91 Å². The van der Waals surface area contributed by atoms with Crippen LogP contribution in [0, 0.1) is 5.41 Å². The molecule has 1 fully saturated rings. The molecule has 2 rings (SSSR count). The maximum absolute atomic E-state index is 12.1. The van der Waals surface area contributed by atoms with Gasteiger partial charge >= 0.3 is 5.97 Å². The number of benzene rings is 1. The van der Waals surface area contributed by atoms with Gasteiger partial charge in [-0.05, 0) is 49.4 Å². The Kier molecular flexibility index (Phi) is 4.83. The van der Waals surface area contributed by atoms with Crippen molar-refractivity contribution in [2.45, 2.75) is 32.6 Å². The number of aliphatic carboxylic acids is 1. The van der Waals surface area contributed by atoms with Crippen LogP contribution in [0.4, 0.5) is 0 Å². The molecule has 1 aromatic carbocycles. The molecule has 0 atom stereocenters. The molecule has 0 spiro atoms. The van der Waals surface area contributed by atoms with Crippen LogP contribution >= 0.6 is 0 Å². The van der Waals surface area contributed by atoms with Crippen molar-refractivity contribution < 1.29 is 19.4 Å². The second-order valence-electron chi connectivity index (χ2n) is 5.56. The van der Waals surface area contributed by atoms with Gasteiger partial charge < -0.3 is 15.2 Å². The van der Waals surface area contributed by atoms with Gasteiger partial charge in [0, 0.05) is 12.1 Å². The number of hydrogen-bond donors (Lipinski definition) is 2. The highest BCUT2D eigenvalue weighted by molar-refractivity contribution is 5.94. The number of rotatable bonds is 7. The van der Waals surface area contributed by atoms with E-state index < -0.39 is 5.97 Å². The number of amides is 1. The summed E-state index contributed by atoms with van der Waals surface area (Å²) < 4.78 is 5.33. The van der Waals surface area contributed by atoms with E-state index in [9.17, 15) is 9.59 Å². The Labute approximate surface area is 124 Å². The van der Waals surface area contributed by atoms with E-state index in [0.717, 1.165) is 25.0 Å². The van der Waals surface area contributed by atoms with Gasteiger partial charge in [-0.2, -0.15) is 0 Å². The van der Waals surface area contributed by atoms with E-state index in [0.29, 0.717) is 18.7 Å². The molecule has 0 unspecified atom stereocenters. The highest BCUT2D eigenvalue weighted by Crippen LogP contribution is 2.43. The van der Waals surface area contributed by atoms with Crippen molar-refractivity contribution in [2.24, 2.45) is 5.41 Å². The van der Waals surface area contributed by atoms with Gasteiger partial charge in [-0.1, -0.05) is 6.42 Å². The van der Waals surface area contributed by atoms with Crippen LogP contribution in [0.5, 0.6) is 5.75 Å². The molecule has 0 aliphatic heterocycles. The molecule has 0 saturated heterocycles. The minimum absolute atomic E-state index is 0.122. The molecule has 114 valence electrons. The molecular formula is C16H21NO4. The third-order valence-electron chi connectivity index (χ3n) is 3.99. The lowest BCUT2D eigenvalue weighted by atomic mass is 9.66. The smallest absolute Gasteiger partial charge is 0.303 e. The Morgan fingerprint density at radius 2 is 1.95 bits per heavy atom. The largest absolute Gasteiger partial charge is 0.494 e. The van der Waals surface area contributed by atoms with Gasteiger partial charge in [0.15, 0.2) is 0 Å². The summed E-state index contributed by atoms with van der Waals surface area (Å²) in [6, 6.07) is 6.94. The fourth-order valence-corrected chi connectivity index (χ4v) is 2.65. The van der Waals surface area contributed by atoms with E-state index in [1.165, 1.54) is 0 Å². The Morgan fingerprint density at radius 3 is 2.43 bits per heavy atom. The van der Waals surface area contributed by atoms with Crippen LogP contribution in [-0.4, -0.2) is 30.1 Å². The van der Waals surface area contributed by atoms with E-state index in [4.69, 9.17) is 9.84 Å². The zero-order chi connectivity index (χ0) is 15.3. The average molecular weight is 291 g/mol. The monoisotopic (exact) mass is 291 g/mol. The predicted octanol–water partition coefficient (Wildman–Crippen LogP) is 2.46. The molecule has 5 nitrogen and oxygen atoms in total. The van der Waals surface area contributed by atoms with Crippen LogP contribution in [-0.2, 0) is 4.79 Å². The predicted molar refractivity (Wildman–Crippen MR) is 78.5 cm³/mol. The van der Waals surface area contributed by atoms with Gasteiger partial charge in [-0.25, -0.2) is 0 Å². The van der Waals surface area contributed by atoms with Crippen molar-refractivity contribution in [3.05, 3.63) is 29.8 Å². The topological polar surface area (TPSA) is 75.6 Å². The highest BCUT2D eigenvalue weighted by atomic mass is 16.5. The summed E-state index contributed by atoms with van der Waals surface area (Å²) in [4.78, 5) is 23.0. The molecular weight excluding hydrogens is 270 g/mol. The molecule has 1 amide bonds. The van der Waals surface area contributed by atoms with Gasteiger partial charge in [0.1, 0.15) is 5.75 Å². The van der Waals surface area contributed by atoms with Crippen LogP contribution in [0.15, 0.2) is 24.3 Å². The molecule has 5 heteroatoms. The first kappa shape index (κ1) is 15.4. The van der Waals surface area contributed by atoms with E-state index in [2.05, 4.69) is 5.32 Å². The van der Waals surface area contributed by atoms with Crippen LogP contribution in [0.3, 0.4) is 0 Å². The second-order valence-corrected chi connectivity index (χ2v) is 5.56. The maximum atomic E-state index is 12.1. The highest BCUT2D eigenvalue weighted by Gasteiger charge is 2.39.